The monoisotopic (exact) mass is 349 g/mol. The summed E-state index contributed by atoms with van der Waals surface area (Å²) in [7, 11) is 4.10. The first-order chi connectivity index (χ1) is 12.1. The van der Waals surface area contributed by atoms with E-state index in [1.165, 1.54) is 0 Å². The van der Waals surface area contributed by atoms with Gasteiger partial charge >= 0.3 is 6.03 Å². The molecule has 1 fully saturated rings. The van der Waals surface area contributed by atoms with Crippen LogP contribution in [0.15, 0.2) is 18.3 Å². The molecule has 2 rings (SSSR count). The van der Waals surface area contributed by atoms with Crippen LogP contribution in [-0.4, -0.2) is 80.8 Å². The summed E-state index contributed by atoms with van der Waals surface area (Å²) in [5.74, 6) is 0.823. The van der Waals surface area contributed by atoms with Crippen LogP contribution in [0.25, 0.3) is 0 Å². The van der Waals surface area contributed by atoms with Gasteiger partial charge in [0.2, 0.25) is 0 Å². The average molecular weight is 349 g/mol. The molecule has 0 radical (unpaired) electrons. The smallest absolute Gasteiger partial charge is 0.321 e. The highest BCUT2D eigenvalue weighted by Crippen LogP contribution is 2.23. The van der Waals surface area contributed by atoms with Gasteiger partial charge in [-0.15, -0.1) is 0 Å². The lowest BCUT2D eigenvalue weighted by Crippen LogP contribution is -2.39. The van der Waals surface area contributed by atoms with E-state index in [4.69, 9.17) is 4.74 Å². The number of aromatic nitrogens is 1. The molecule has 1 aliphatic heterocycles. The fraction of sp³-hybridized carbons (Fsp3) is 0.667. The molecule has 140 valence electrons. The first-order valence-corrected chi connectivity index (χ1v) is 9.10. The van der Waals surface area contributed by atoms with Crippen molar-refractivity contribution in [1.29, 1.82) is 0 Å². The molecule has 1 aromatic rings. The Morgan fingerprint density at radius 3 is 2.72 bits per heavy atom. The van der Waals surface area contributed by atoms with Crippen molar-refractivity contribution < 1.29 is 9.53 Å². The maximum absolute atomic E-state index is 12.7. The largest absolute Gasteiger partial charge is 0.378 e. The third-order valence-corrected chi connectivity index (χ3v) is 4.15. The summed E-state index contributed by atoms with van der Waals surface area (Å²) >= 11 is 0. The number of hydrogen-bond acceptors (Lipinski definition) is 5. The number of carbonyl (C=O) groups excluding carboxylic acids is 1. The second-order valence-corrected chi connectivity index (χ2v) is 6.55. The minimum Gasteiger partial charge on any atom is -0.378 e. The fourth-order valence-corrected chi connectivity index (χ4v) is 2.88. The van der Waals surface area contributed by atoms with E-state index in [0.717, 1.165) is 57.1 Å². The zero-order valence-corrected chi connectivity index (χ0v) is 15.7. The van der Waals surface area contributed by atoms with Crippen molar-refractivity contribution in [3.05, 3.63) is 18.3 Å². The van der Waals surface area contributed by atoms with Crippen LogP contribution in [0.1, 0.15) is 19.8 Å². The third-order valence-electron chi connectivity index (χ3n) is 4.15. The van der Waals surface area contributed by atoms with E-state index in [2.05, 4.69) is 41.1 Å². The van der Waals surface area contributed by atoms with Crippen LogP contribution < -0.4 is 10.2 Å². The molecule has 0 spiro atoms. The Kier molecular flexibility index (Phi) is 7.94. The molecule has 0 aromatic carbocycles. The molecule has 0 bridgehead atoms. The lowest BCUT2D eigenvalue weighted by molar-refractivity contribution is 0.122. The molecule has 0 saturated carbocycles. The van der Waals surface area contributed by atoms with Gasteiger partial charge in [0, 0.05) is 32.4 Å². The van der Waals surface area contributed by atoms with Gasteiger partial charge in [-0.3, -0.25) is 0 Å². The summed E-state index contributed by atoms with van der Waals surface area (Å²) in [6, 6.07) is 3.72. The minimum absolute atomic E-state index is 0.0527. The number of hydrogen-bond donors (Lipinski definition) is 1. The first kappa shape index (κ1) is 19.5. The Hall–Kier alpha value is -1.86. The average Bonchev–Trinajstić information content (AvgIpc) is 2.62. The van der Waals surface area contributed by atoms with Crippen LogP contribution in [0.4, 0.5) is 16.3 Å². The van der Waals surface area contributed by atoms with Gasteiger partial charge in [-0.05, 0) is 45.6 Å². The normalized spacial score (nSPS) is 14.6. The van der Waals surface area contributed by atoms with Gasteiger partial charge in [-0.1, -0.05) is 6.92 Å². The molecule has 1 aromatic heterocycles. The summed E-state index contributed by atoms with van der Waals surface area (Å²) in [4.78, 5) is 23.4. The van der Waals surface area contributed by atoms with Gasteiger partial charge in [-0.25, -0.2) is 9.78 Å². The maximum atomic E-state index is 12.7. The number of amides is 2. The summed E-state index contributed by atoms with van der Waals surface area (Å²) in [5, 5.41) is 3.06. The number of rotatable bonds is 8. The van der Waals surface area contributed by atoms with Gasteiger partial charge < -0.3 is 24.8 Å². The van der Waals surface area contributed by atoms with Crippen molar-refractivity contribution in [2.75, 3.05) is 70.2 Å². The van der Waals surface area contributed by atoms with Crippen LogP contribution in [-0.2, 0) is 4.74 Å². The number of ether oxygens (including phenoxy) is 1. The Balaban J connectivity index is 2.01. The summed E-state index contributed by atoms with van der Waals surface area (Å²) in [6.45, 7) is 7.54. The van der Waals surface area contributed by atoms with Gasteiger partial charge in [0.25, 0.3) is 0 Å². The van der Waals surface area contributed by atoms with Crippen LogP contribution in [0.5, 0.6) is 0 Å². The van der Waals surface area contributed by atoms with Crippen molar-refractivity contribution in [2.45, 2.75) is 19.8 Å². The van der Waals surface area contributed by atoms with Crippen LogP contribution >= 0.6 is 0 Å². The van der Waals surface area contributed by atoms with Crippen LogP contribution in [0.2, 0.25) is 0 Å². The molecule has 0 unspecified atom stereocenters. The summed E-state index contributed by atoms with van der Waals surface area (Å²) < 4.78 is 5.41. The van der Waals surface area contributed by atoms with E-state index >= 15 is 0 Å². The van der Waals surface area contributed by atoms with Crippen molar-refractivity contribution in [1.82, 2.24) is 14.8 Å². The molecule has 7 nitrogen and oxygen atoms in total. The van der Waals surface area contributed by atoms with E-state index in [9.17, 15) is 4.79 Å². The Labute approximate surface area is 150 Å². The number of morpholine rings is 1. The van der Waals surface area contributed by atoms with E-state index in [-0.39, 0.29) is 6.03 Å². The fourth-order valence-electron chi connectivity index (χ4n) is 2.88. The highest BCUT2D eigenvalue weighted by molar-refractivity contribution is 5.92. The molecule has 1 N–H and O–H groups in total. The lowest BCUT2D eigenvalue weighted by atomic mass is 10.3. The molecule has 2 heterocycles. The summed E-state index contributed by atoms with van der Waals surface area (Å²) in [6.07, 6.45) is 3.67. The number of nitrogens with one attached hydrogen (secondary N) is 1. The molecule has 7 heteroatoms. The van der Waals surface area contributed by atoms with Crippen LogP contribution in [0.3, 0.4) is 0 Å². The van der Waals surface area contributed by atoms with Crippen molar-refractivity contribution in [3.8, 4) is 0 Å². The number of pyridine rings is 1. The second-order valence-electron chi connectivity index (χ2n) is 6.55. The Morgan fingerprint density at radius 2 is 2.04 bits per heavy atom. The first-order valence-electron chi connectivity index (χ1n) is 9.10. The van der Waals surface area contributed by atoms with Gasteiger partial charge in [0.05, 0.1) is 18.9 Å². The van der Waals surface area contributed by atoms with Crippen molar-refractivity contribution in [3.63, 3.8) is 0 Å². The zero-order valence-electron chi connectivity index (χ0n) is 15.7. The van der Waals surface area contributed by atoms with Crippen LogP contribution in [0, 0.1) is 0 Å². The predicted molar refractivity (Wildman–Crippen MR) is 101 cm³/mol. The highest BCUT2D eigenvalue weighted by atomic mass is 16.5. The number of anilines is 2. The Bertz CT molecular complexity index is 532. The van der Waals surface area contributed by atoms with E-state index in [1.54, 1.807) is 6.20 Å². The second kappa shape index (κ2) is 10.2. The molecule has 1 saturated heterocycles. The molecular formula is C18H31N5O2. The Morgan fingerprint density at radius 1 is 1.28 bits per heavy atom. The highest BCUT2D eigenvalue weighted by Gasteiger charge is 2.19. The quantitative estimate of drug-likeness (QED) is 0.779. The zero-order chi connectivity index (χ0) is 18.1. The SMILES string of the molecule is CCCN(CCCN(C)C)C(=O)Nc1cccnc1N1CCOCC1. The van der Waals surface area contributed by atoms with Crippen molar-refractivity contribution in [2.24, 2.45) is 0 Å². The molecule has 2 amide bonds. The predicted octanol–water partition coefficient (Wildman–Crippen LogP) is 2.11. The standard InChI is InChI=1S/C18H31N5O2/c1-4-9-23(11-6-10-21(2)3)18(24)20-16-7-5-8-19-17(16)22-12-14-25-15-13-22/h5,7-8H,4,6,9-15H2,1-3H3,(H,20,24). The van der Waals surface area contributed by atoms with Gasteiger partial charge in [0.1, 0.15) is 0 Å². The minimum atomic E-state index is -0.0527. The molecule has 1 aliphatic rings. The van der Waals surface area contributed by atoms with E-state index in [1.807, 2.05) is 17.0 Å². The van der Waals surface area contributed by atoms with E-state index < -0.39 is 0 Å². The number of urea groups is 1. The van der Waals surface area contributed by atoms with E-state index in [0.29, 0.717) is 13.2 Å². The van der Waals surface area contributed by atoms with Gasteiger partial charge in [0.15, 0.2) is 5.82 Å². The molecule has 25 heavy (non-hydrogen) atoms. The summed E-state index contributed by atoms with van der Waals surface area (Å²) in [5.41, 5.74) is 0.767. The molecule has 0 atom stereocenters. The van der Waals surface area contributed by atoms with Crippen molar-refractivity contribution >= 4 is 17.5 Å². The third kappa shape index (κ3) is 6.17. The lowest BCUT2D eigenvalue weighted by Gasteiger charge is -2.30. The number of nitrogens with zero attached hydrogens (tertiary/aromatic N) is 4. The molecule has 0 aliphatic carbocycles. The maximum Gasteiger partial charge on any atom is 0.321 e. The number of carbonyl (C=O) groups is 1. The topological polar surface area (TPSA) is 60.9 Å². The molecular weight excluding hydrogens is 318 g/mol. The van der Waals surface area contributed by atoms with Gasteiger partial charge in [-0.2, -0.15) is 0 Å².